The molecule has 0 aliphatic carbocycles. The lowest BCUT2D eigenvalue weighted by Crippen LogP contribution is -2.04. The van der Waals surface area contributed by atoms with Gasteiger partial charge in [-0.2, -0.15) is 5.10 Å². The molecule has 0 saturated heterocycles. The number of aromatic carboxylic acids is 1. The number of nitrogens with two attached hydrogens (primary N) is 1. The fraction of sp³-hybridized carbons (Fsp3) is 0.167. The lowest BCUT2D eigenvalue weighted by atomic mass is 10.2. The van der Waals surface area contributed by atoms with E-state index >= 15 is 0 Å². The first kappa shape index (κ1) is 12.0. The van der Waals surface area contributed by atoms with E-state index in [2.05, 4.69) is 5.10 Å². The summed E-state index contributed by atoms with van der Waals surface area (Å²) in [5.74, 6) is -0.517. The van der Waals surface area contributed by atoms with Crippen LogP contribution in [0, 0.1) is 6.92 Å². The Bertz CT molecular complexity index is 605. The number of benzene rings is 1. The zero-order chi connectivity index (χ0) is 13.3. The molecule has 6 heteroatoms. The normalized spacial score (nSPS) is 10.3. The summed E-state index contributed by atoms with van der Waals surface area (Å²) in [6.45, 7) is 1.82. The monoisotopic (exact) mass is 247 g/mol. The summed E-state index contributed by atoms with van der Waals surface area (Å²) in [6.07, 6.45) is 0. The predicted octanol–water partition coefficient (Wildman–Crippen LogP) is 1.80. The van der Waals surface area contributed by atoms with Crippen molar-refractivity contribution in [2.75, 3.05) is 5.73 Å². The Morgan fingerprint density at radius 2 is 2.22 bits per heavy atom. The maximum atomic E-state index is 11.1. The second-order valence-electron chi connectivity index (χ2n) is 3.88. The highest BCUT2D eigenvalue weighted by molar-refractivity contribution is 5.93. The second kappa shape index (κ2) is 4.40. The van der Waals surface area contributed by atoms with Crippen molar-refractivity contribution in [3.63, 3.8) is 0 Å². The molecule has 0 unspecified atom stereocenters. The molecule has 0 fully saturated rings. The fourth-order valence-electron chi connectivity index (χ4n) is 1.62. The molecular formula is C12H13N3O3. The van der Waals surface area contributed by atoms with E-state index in [1.807, 2.05) is 6.92 Å². The zero-order valence-electron chi connectivity index (χ0n) is 10.0. The minimum absolute atomic E-state index is 0.0221. The van der Waals surface area contributed by atoms with Crippen molar-refractivity contribution < 1.29 is 14.6 Å². The van der Waals surface area contributed by atoms with Gasteiger partial charge in [0.2, 0.25) is 5.88 Å². The number of aryl methyl sites for hydroxylation is 2. The van der Waals surface area contributed by atoms with E-state index in [0.717, 1.165) is 5.69 Å². The lowest BCUT2D eigenvalue weighted by Gasteiger charge is -2.10. The summed E-state index contributed by atoms with van der Waals surface area (Å²) in [7, 11) is 1.71. The second-order valence-corrected chi connectivity index (χ2v) is 3.88. The summed E-state index contributed by atoms with van der Waals surface area (Å²) in [5, 5.41) is 13.2. The summed E-state index contributed by atoms with van der Waals surface area (Å²) < 4.78 is 7.07. The van der Waals surface area contributed by atoms with Crippen LogP contribution in [-0.4, -0.2) is 20.9 Å². The zero-order valence-corrected chi connectivity index (χ0v) is 10.0. The highest BCUT2D eigenvalue weighted by Gasteiger charge is 2.16. The van der Waals surface area contributed by atoms with Crippen molar-refractivity contribution in [1.29, 1.82) is 0 Å². The Hall–Kier alpha value is -2.50. The maximum absolute atomic E-state index is 11.1. The summed E-state index contributed by atoms with van der Waals surface area (Å²) in [5.41, 5.74) is 6.82. The van der Waals surface area contributed by atoms with Gasteiger partial charge in [0.15, 0.2) is 5.75 Å². The number of rotatable bonds is 3. The number of anilines is 1. The van der Waals surface area contributed by atoms with Gasteiger partial charge in [-0.3, -0.25) is 0 Å². The van der Waals surface area contributed by atoms with Crippen molar-refractivity contribution >= 4 is 11.7 Å². The van der Waals surface area contributed by atoms with Gasteiger partial charge >= 0.3 is 5.97 Å². The molecule has 0 radical (unpaired) electrons. The van der Waals surface area contributed by atoms with Crippen LogP contribution in [0.4, 0.5) is 5.69 Å². The van der Waals surface area contributed by atoms with Crippen LogP contribution in [0.25, 0.3) is 0 Å². The number of carbonyl (C=O) groups is 1. The molecule has 18 heavy (non-hydrogen) atoms. The third-order valence-corrected chi connectivity index (χ3v) is 2.44. The van der Waals surface area contributed by atoms with E-state index in [9.17, 15) is 4.79 Å². The molecular weight excluding hydrogens is 234 g/mol. The van der Waals surface area contributed by atoms with Gasteiger partial charge in [-0.1, -0.05) is 6.07 Å². The standard InChI is InChI=1S/C12H13N3O3/c1-7-6-10(15(2)14-7)18-11-8(12(16)17)4-3-5-9(11)13/h3-6H,13H2,1-2H3,(H,16,17). The first-order valence-corrected chi connectivity index (χ1v) is 5.29. The fourth-order valence-corrected chi connectivity index (χ4v) is 1.62. The van der Waals surface area contributed by atoms with Crippen LogP contribution >= 0.6 is 0 Å². The van der Waals surface area contributed by atoms with E-state index in [-0.39, 0.29) is 17.0 Å². The molecule has 1 heterocycles. The van der Waals surface area contributed by atoms with Gasteiger partial charge in [0, 0.05) is 13.1 Å². The van der Waals surface area contributed by atoms with E-state index in [0.29, 0.717) is 5.88 Å². The summed E-state index contributed by atoms with van der Waals surface area (Å²) in [4.78, 5) is 11.1. The number of ether oxygens (including phenoxy) is 1. The van der Waals surface area contributed by atoms with Gasteiger partial charge < -0.3 is 15.6 Å². The van der Waals surface area contributed by atoms with Crippen molar-refractivity contribution in [1.82, 2.24) is 9.78 Å². The lowest BCUT2D eigenvalue weighted by molar-refractivity contribution is 0.0694. The smallest absolute Gasteiger partial charge is 0.339 e. The number of carboxylic acid groups (broad SMARTS) is 1. The number of para-hydroxylation sites is 1. The summed E-state index contributed by atoms with van der Waals surface area (Å²) >= 11 is 0. The molecule has 0 spiro atoms. The van der Waals surface area contributed by atoms with Crippen molar-refractivity contribution in [2.24, 2.45) is 7.05 Å². The molecule has 0 saturated carbocycles. The molecule has 1 aromatic heterocycles. The van der Waals surface area contributed by atoms with E-state index < -0.39 is 5.97 Å². The van der Waals surface area contributed by atoms with Gasteiger partial charge in [0.25, 0.3) is 0 Å². The Morgan fingerprint density at radius 3 is 2.78 bits per heavy atom. The van der Waals surface area contributed by atoms with Crippen LogP contribution in [0.1, 0.15) is 16.1 Å². The Morgan fingerprint density at radius 1 is 1.50 bits per heavy atom. The van der Waals surface area contributed by atoms with Crippen LogP contribution in [0.15, 0.2) is 24.3 Å². The topological polar surface area (TPSA) is 90.4 Å². The highest BCUT2D eigenvalue weighted by Crippen LogP contribution is 2.31. The average molecular weight is 247 g/mol. The number of aromatic nitrogens is 2. The molecule has 2 rings (SSSR count). The number of hydrogen-bond acceptors (Lipinski definition) is 4. The maximum Gasteiger partial charge on any atom is 0.339 e. The highest BCUT2D eigenvalue weighted by atomic mass is 16.5. The van der Waals surface area contributed by atoms with Gasteiger partial charge in [-0.15, -0.1) is 0 Å². The first-order chi connectivity index (χ1) is 8.49. The molecule has 0 aliphatic heterocycles. The van der Waals surface area contributed by atoms with E-state index in [4.69, 9.17) is 15.6 Å². The van der Waals surface area contributed by atoms with Crippen LogP contribution in [0.3, 0.4) is 0 Å². The quantitative estimate of drug-likeness (QED) is 0.807. The van der Waals surface area contributed by atoms with Crippen LogP contribution < -0.4 is 10.5 Å². The Kier molecular flexibility index (Phi) is 2.93. The first-order valence-electron chi connectivity index (χ1n) is 5.29. The number of hydrogen-bond donors (Lipinski definition) is 2. The molecule has 6 nitrogen and oxygen atoms in total. The van der Waals surface area contributed by atoms with Crippen LogP contribution in [0.2, 0.25) is 0 Å². The van der Waals surface area contributed by atoms with E-state index in [1.54, 1.807) is 25.2 Å². The van der Waals surface area contributed by atoms with Gasteiger partial charge in [0.1, 0.15) is 5.56 Å². The molecule has 3 N–H and O–H groups in total. The Balaban J connectivity index is 2.45. The third-order valence-electron chi connectivity index (χ3n) is 2.44. The van der Waals surface area contributed by atoms with Gasteiger partial charge in [-0.25, -0.2) is 9.48 Å². The molecule has 2 aromatic rings. The predicted molar refractivity (Wildman–Crippen MR) is 65.8 cm³/mol. The number of nitrogen functional groups attached to an aromatic ring is 1. The number of nitrogens with zero attached hydrogens (tertiary/aromatic N) is 2. The van der Waals surface area contributed by atoms with E-state index in [1.165, 1.54) is 10.7 Å². The molecule has 0 bridgehead atoms. The minimum Gasteiger partial charge on any atom is -0.478 e. The molecule has 1 aromatic carbocycles. The van der Waals surface area contributed by atoms with Crippen molar-refractivity contribution in [3.05, 3.63) is 35.5 Å². The largest absolute Gasteiger partial charge is 0.478 e. The molecule has 0 amide bonds. The van der Waals surface area contributed by atoms with Crippen LogP contribution in [-0.2, 0) is 7.05 Å². The van der Waals surface area contributed by atoms with Crippen molar-refractivity contribution in [3.8, 4) is 11.6 Å². The summed E-state index contributed by atoms with van der Waals surface area (Å²) in [6, 6.07) is 6.31. The molecule has 0 aliphatic rings. The minimum atomic E-state index is -1.09. The average Bonchev–Trinajstić information content (AvgIpc) is 2.60. The SMILES string of the molecule is Cc1cc(Oc2c(N)cccc2C(=O)O)n(C)n1. The Labute approximate surface area is 104 Å². The number of carboxylic acids is 1. The van der Waals surface area contributed by atoms with Crippen molar-refractivity contribution in [2.45, 2.75) is 6.92 Å². The molecule has 94 valence electrons. The van der Waals surface area contributed by atoms with Gasteiger partial charge in [-0.05, 0) is 19.1 Å². The third kappa shape index (κ3) is 2.13. The molecule has 0 atom stereocenters. The van der Waals surface area contributed by atoms with Crippen LogP contribution in [0.5, 0.6) is 11.6 Å². The van der Waals surface area contributed by atoms with Gasteiger partial charge in [0.05, 0.1) is 11.4 Å².